The van der Waals surface area contributed by atoms with Crippen molar-refractivity contribution >= 4 is 5.91 Å². The molecular weight excluding hydrogens is 314 g/mol. The molecule has 0 aliphatic carbocycles. The third-order valence-corrected chi connectivity index (χ3v) is 4.18. The average molecular weight is 341 g/mol. The molecule has 0 aromatic heterocycles. The van der Waals surface area contributed by atoms with Crippen LogP contribution >= 0.6 is 0 Å². The SMILES string of the molecule is COc1ccc(OC[C@H](C)NC(=O)CCc2ccc(C)c(C)c2)cc1. The summed E-state index contributed by atoms with van der Waals surface area (Å²) in [6.45, 7) is 6.56. The molecule has 0 saturated heterocycles. The van der Waals surface area contributed by atoms with Crippen LogP contribution in [0.5, 0.6) is 11.5 Å². The molecule has 4 nitrogen and oxygen atoms in total. The highest BCUT2D eigenvalue weighted by Gasteiger charge is 2.09. The molecule has 2 aromatic carbocycles. The predicted octanol–water partition coefficient (Wildman–Crippen LogP) is 3.83. The molecule has 134 valence electrons. The third-order valence-electron chi connectivity index (χ3n) is 4.18. The van der Waals surface area contributed by atoms with Crippen LogP contribution in [0.2, 0.25) is 0 Å². The quantitative estimate of drug-likeness (QED) is 0.794. The van der Waals surface area contributed by atoms with Gasteiger partial charge >= 0.3 is 0 Å². The number of rotatable bonds is 8. The van der Waals surface area contributed by atoms with Gasteiger partial charge in [0.2, 0.25) is 5.91 Å². The molecule has 0 saturated carbocycles. The van der Waals surface area contributed by atoms with E-state index in [2.05, 4.69) is 37.4 Å². The third kappa shape index (κ3) is 6.14. The zero-order valence-corrected chi connectivity index (χ0v) is 15.5. The molecule has 4 heteroatoms. The maximum atomic E-state index is 12.1. The molecule has 1 amide bonds. The normalized spacial score (nSPS) is 11.7. The van der Waals surface area contributed by atoms with Gasteiger partial charge in [0, 0.05) is 6.42 Å². The Kier molecular flexibility index (Phi) is 6.87. The van der Waals surface area contributed by atoms with Crippen molar-refractivity contribution in [1.29, 1.82) is 0 Å². The fourth-order valence-corrected chi connectivity index (χ4v) is 2.50. The van der Waals surface area contributed by atoms with Gasteiger partial charge in [0.25, 0.3) is 0 Å². The summed E-state index contributed by atoms with van der Waals surface area (Å²) in [5, 5.41) is 2.98. The molecule has 0 bridgehead atoms. The minimum atomic E-state index is -0.0469. The van der Waals surface area contributed by atoms with Gasteiger partial charge in [-0.25, -0.2) is 0 Å². The van der Waals surface area contributed by atoms with Gasteiger partial charge in [-0.15, -0.1) is 0 Å². The summed E-state index contributed by atoms with van der Waals surface area (Å²) in [5.74, 6) is 1.60. The molecule has 0 unspecified atom stereocenters. The van der Waals surface area contributed by atoms with E-state index >= 15 is 0 Å². The summed E-state index contributed by atoms with van der Waals surface area (Å²) in [4.78, 5) is 12.1. The Morgan fingerprint density at radius 3 is 2.36 bits per heavy atom. The van der Waals surface area contributed by atoms with Gasteiger partial charge < -0.3 is 14.8 Å². The standard InChI is InChI=1S/C21H27NO3/c1-15-5-6-18(13-16(15)2)7-12-21(23)22-17(3)14-25-20-10-8-19(24-4)9-11-20/h5-6,8-11,13,17H,7,12,14H2,1-4H3,(H,22,23)/t17-/m0/s1. The van der Waals surface area contributed by atoms with Crippen LogP contribution in [0.1, 0.15) is 30.0 Å². The summed E-state index contributed by atoms with van der Waals surface area (Å²) in [5.41, 5.74) is 3.73. The first kappa shape index (κ1) is 18.8. The van der Waals surface area contributed by atoms with E-state index in [0.717, 1.165) is 17.9 Å². The van der Waals surface area contributed by atoms with Crippen LogP contribution in [0.3, 0.4) is 0 Å². The molecule has 1 N–H and O–H groups in total. The Morgan fingerprint density at radius 1 is 1.04 bits per heavy atom. The number of hydrogen-bond acceptors (Lipinski definition) is 3. The zero-order chi connectivity index (χ0) is 18.2. The lowest BCUT2D eigenvalue weighted by Gasteiger charge is -2.15. The summed E-state index contributed by atoms with van der Waals surface area (Å²) in [6.07, 6.45) is 1.23. The van der Waals surface area contributed by atoms with E-state index in [1.54, 1.807) is 7.11 Å². The van der Waals surface area contributed by atoms with Crippen LogP contribution in [-0.4, -0.2) is 25.7 Å². The first-order valence-corrected chi connectivity index (χ1v) is 8.60. The summed E-state index contributed by atoms with van der Waals surface area (Å²) >= 11 is 0. The molecular formula is C21H27NO3. The Hall–Kier alpha value is -2.49. The van der Waals surface area contributed by atoms with E-state index in [9.17, 15) is 4.79 Å². The van der Waals surface area contributed by atoms with Crippen molar-refractivity contribution in [2.75, 3.05) is 13.7 Å². The zero-order valence-electron chi connectivity index (χ0n) is 15.5. The van der Waals surface area contributed by atoms with Crippen molar-refractivity contribution in [1.82, 2.24) is 5.32 Å². The monoisotopic (exact) mass is 341 g/mol. The average Bonchev–Trinajstić information content (AvgIpc) is 2.61. The lowest BCUT2D eigenvalue weighted by molar-refractivity contribution is -0.121. The Bertz CT molecular complexity index is 695. The number of amides is 1. The lowest BCUT2D eigenvalue weighted by Crippen LogP contribution is -2.36. The number of ether oxygens (including phenoxy) is 2. The molecule has 0 fully saturated rings. The van der Waals surface area contributed by atoms with E-state index < -0.39 is 0 Å². The van der Waals surface area contributed by atoms with E-state index in [4.69, 9.17) is 9.47 Å². The lowest BCUT2D eigenvalue weighted by atomic mass is 10.0. The minimum absolute atomic E-state index is 0.0454. The maximum absolute atomic E-state index is 12.1. The molecule has 25 heavy (non-hydrogen) atoms. The Labute approximate surface area is 150 Å². The van der Waals surface area contributed by atoms with Gasteiger partial charge in [-0.3, -0.25) is 4.79 Å². The van der Waals surface area contributed by atoms with Crippen molar-refractivity contribution in [3.05, 3.63) is 59.2 Å². The first-order valence-electron chi connectivity index (χ1n) is 8.60. The second-order valence-corrected chi connectivity index (χ2v) is 6.37. The molecule has 0 radical (unpaired) electrons. The van der Waals surface area contributed by atoms with Gasteiger partial charge in [0.1, 0.15) is 18.1 Å². The largest absolute Gasteiger partial charge is 0.497 e. The van der Waals surface area contributed by atoms with Crippen LogP contribution in [0, 0.1) is 13.8 Å². The van der Waals surface area contributed by atoms with Gasteiger partial charge in [0.15, 0.2) is 0 Å². The van der Waals surface area contributed by atoms with Crippen molar-refractivity contribution < 1.29 is 14.3 Å². The number of aryl methyl sites for hydroxylation is 3. The van der Waals surface area contributed by atoms with Crippen molar-refractivity contribution in [3.63, 3.8) is 0 Å². The second kappa shape index (κ2) is 9.11. The number of methoxy groups -OCH3 is 1. The molecule has 0 aliphatic rings. The van der Waals surface area contributed by atoms with Crippen molar-refractivity contribution in [3.8, 4) is 11.5 Å². The first-order chi connectivity index (χ1) is 12.0. The molecule has 0 spiro atoms. The van der Waals surface area contributed by atoms with Gasteiger partial charge in [-0.05, 0) is 68.1 Å². The second-order valence-electron chi connectivity index (χ2n) is 6.37. The summed E-state index contributed by atoms with van der Waals surface area (Å²) in [6, 6.07) is 13.7. The minimum Gasteiger partial charge on any atom is -0.497 e. The number of benzene rings is 2. The van der Waals surface area contributed by atoms with Crippen LogP contribution in [0.15, 0.2) is 42.5 Å². The Morgan fingerprint density at radius 2 is 1.72 bits per heavy atom. The fourth-order valence-electron chi connectivity index (χ4n) is 2.50. The van der Waals surface area contributed by atoms with Crippen LogP contribution in [0.4, 0.5) is 0 Å². The highest BCUT2D eigenvalue weighted by atomic mass is 16.5. The van der Waals surface area contributed by atoms with E-state index in [1.807, 2.05) is 31.2 Å². The Balaban J connectivity index is 1.72. The van der Waals surface area contributed by atoms with Gasteiger partial charge in [-0.2, -0.15) is 0 Å². The molecule has 2 aromatic rings. The van der Waals surface area contributed by atoms with Gasteiger partial charge in [0.05, 0.1) is 13.2 Å². The molecule has 1 atom stereocenters. The van der Waals surface area contributed by atoms with Crippen LogP contribution in [-0.2, 0) is 11.2 Å². The molecule has 0 aliphatic heterocycles. The summed E-state index contributed by atoms with van der Waals surface area (Å²) in [7, 11) is 1.63. The maximum Gasteiger partial charge on any atom is 0.220 e. The van der Waals surface area contributed by atoms with Crippen LogP contribution < -0.4 is 14.8 Å². The van der Waals surface area contributed by atoms with E-state index in [-0.39, 0.29) is 11.9 Å². The highest BCUT2D eigenvalue weighted by molar-refractivity contribution is 5.76. The number of carbonyl (C=O) groups excluding carboxylic acids is 1. The van der Waals surface area contributed by atoms with Gasteiger partial charge in [-0.1, -0.05) is 18.2 Å². The van der Waals surface area contributed by atoms with E-state index in [0.29, 0.717) is 13.0 Å². The highest BCUT2D eigenvalue weighted by Crippen LogP contribution is 2.17. The summed E-state index contributed by atoms with van der Waals surface area (Å²) < 4.78 is 10.8. The van der Waals surface area contributed by atoms with Crippen molar-refractivity contribution in [2.45, 2.75) is 39.7 Å². The number of carbonyl (C=O) groups is 1. The smallest absolute Gasteiger partial charge is 0.220 e. The molecule has 0 heterocycles. The number of hydrogen-bond donors (Lipinski definition) is 1. The predicted molar refractivity (Wildman–Crippen MR) is 100 cm³/mol. The number of nitrogens with one attached hydrogen (secondary N) is 1. The van der Waals surface area contributed by atoms with Crippen molar-refractivity contribution in [2.24, 2.45) is 0 Å². The van der Waals surface area contributed by atoms with Crippen LogP contribution in [0.25, 0.3) is 0 Å². The fraction of sp³-hybridized carbons (Fsp3) is 0.381. The molecule has 2 rings (SSSR count). The topological polar surface area (TPSA) is 47.6 Å². The van der Waals surface area contributed by atoms with E-state index in [1.165, 1.54) is 16.7 Å².